The number of amides is 1. The molecule has 7 heteroatoms. The molecule has 23 heavy (non-hydrogen) atoms. The predicted molar refractivity (Wildman–Crippen MR) is 86.9 cm³/mol. The van der Waals surface area contributed by atoms with Crippen molar-refractivity contribution in [1.29, 1.82) is 0 Å². The highest BCUT2D eigenvalue weighted by atomic mass is 32.2. The third-order valence-corrected chi connectivity index (χ3v) is 4.82. The number of carbonyl (C=O) groups is 2. The van der Waals surface area contributed by atoms with E-state index in [4.69, 9.17) is 0 Å². The number of hydrogen-bond donors (Lipinski definition) is 0. The molecule has 0 aliphatic carbocycles. The van der Waals surface area contributed by atoms with Crippen LogP contribution in [0.1, 0.15) is 10.4 Å². The first kappa shape index (κ1) is 15.2. The molecular formula is C16H12N2O4S. The molecule has 0 radical (unpaired) electrons. The molecule has 0 bridgehead atoms. The normalized spacial score (nSPS) is 17.1. The minimum Gasteiger partial charge on any atom is -0.313 e. The van der Waals surface area contributed by atoms with Gasteiger partial charge in [-0.3, -0.25) is 19.7 Å². The summed E-state index contributed by atoms with van der Waals surface area (Å²) in [5.74, 6) is -0.538. The number of benzene rings is 2. The van der Waals surface area contributed by atoms with E-state index in [1.165, 1.54) is 17.0 Å². The van der Waals surface area contributed by atoms with E-state index in [1.54, 1.807) is 43.4 Å². The lowest BCUT2D eigenvalue weighted by Gasteiger charge is -2.29. The number of fused-ring (bicyclic) bond motifs is 1. The standard InChI is InChI=1S/C16H12N2O4S/c1-17-13-5-3-2-4-12(13)14(19)15(16(17)20)23-11-8-6-10(7-9-11)18(21)22/h2-9,15H,1H3. The lowest BCUT2D eigenvalue weighted by atomic mass is 10.00. The van der Waals surface area contributed by atoms with Gasteiger partial charge >= 0.3 is 0 Å². The number of ketones is 1. The van der Waals surface area contributed by atoms with Gasteiger partial charge in [-0.1, -0.05) is 12.1 Å². The van der Waals surface area contributed by atoms with Crippen molar-refractivity contribution in [1.82, 2.24) is 0 Å². The summed E-state index contributed by atoms with van der Waals surface area (Å²) in [5, 5.41) is 9.79. The van der Waals surface area contributed by atoms with Gasteiger partial charge in [-0.25, -0.2) is 0 Å². The number of rotatable bonds is 3. The first-order valence-electron chi connectivity index (χ1n) is 6.81. The van der Waals surface area contributed by atoms with Crippen LogP contribution in [0.4, 0.5) is 11.4 Å². The molecule has 0 N–H and O–H groups in total. The van der Waals surface area contributed by atoms with E-state index in [0.29, 0.717) is 16.1 Å². The molecular weight excluding hydrogens is 316 g/mol. The Morgan fingerprint density at radius 2 is 1.74 bits per heavy atom. The Labute approximate surface area is 136 Å². The number of hydrogen-bond acceptors (Lipinski definition) is 5. The lowest BCUT2D eigenvalue weighted by Crippen LogP contribution is -2.44. The Bertz CT molecular complexity index is 804. The van der Waals surface area contributed by atoms with Crippen molar-refractivity contribution < 1.29 is 14.5 Å². The van der Waals surface area contributed by atoms with Gasteiger partial charge in [-0.15, -0.1) is 11.8 Å². The fraction of sp³-hybridized carbons (Fsp3) is 0.125. The smallest absolute Gasteiger partial charge is 0.269 e. The van der Waals surface area contributed by atoms with Gasteiger partial charge in [0.05, 0.1) is 10.6 Å². The van der Waals surface area contributed by atoms with Gasteiger partial charge in [0.1, 0.15) is 0 Å². The van der Waals surface area contributed by atoms with Gasteiger partial charge in [0.2, 0.25) is 5.91 Å². The van der Waals surface area contributed by atoms with Gasteiger partial charge in [0, 0.05) is 29.6 Å². The summed E-state index contributed by atoms with van der Waals surface area (Å²) in [7, 11) is 1.64. The summed E-state index contributed by atoms with van der Waals surface area (Å²) in [6.07, 6.45) is 0. The van der Waals surface area contributed by atoms with Crippen LogP contribution in [-0.4, -0.2) is 28.9 Å². The number of thioether (sulfide) groups is 1. The Balaban J connectivity index is 1.90. The van der Waals surface area contributed by atoms with Crippen LogP contribution < -0.4 is 4.90 Å². The SMILES string of the molecule is CN1C(=O)C(Sc2ccc([N+](=O)[O-])cc2)C(=O)c2ccccc21. The molecule has 1 atom stereocenters. The van der Waals surface area contributed by atoms with E-state index < -0.39 is 10.2 Å². The third-order valence-electron chi connectivity index (χ3n) is 3.63. The second-order valence-corrected chi connectivity index (χ2v) is 6.21. The van der Waals surface area contributed by atoms with Crippen molar-refractivity contribution in [3.8, 4) is 0 Å². The summed E-state index contributed by atoms with van der Waals surface area (Å²) in [6, 6.07) is 12.8. The predicted octanol–water partition coefficient (Wildman–Crippen LogP) is 2.91. The fourth-order valence-corrected chi connectivity index (χ4v) is 3.47. The summed E-state index contributed by atoms with van der Waals surface area (Å²) in [6.45, 7) is 0. The Morgan fingerprint density at radius 1 is 1.09 bits per heavy atom. The second kappa shape index (κ2) is 5.85. The van der Waals surface area contributed by atoms with Crippen LogP contribution in [0.2, 0.25) is 0 Å². The molecule has 0 saturated carbocycles. The van der Waals surface area contributed by atoms with Crippen molar-refractivity contribution in [3.63, 3.8) is 0 Å². The quantitative estimate of drug-likeness (QED) is 0.491. The molecule has 1 heterocycles. The highest BCUT2D eigenvalue weighted by molar-refractivity contribution is 8.01. The molecule has 0 fully saturated rings. The topological polar surface area (TPSA) is 80.5 Å². The average molecular weight is 328 g/mol. The number of para-hydroxylation sites is 1. The molecule has 1 amide bonds. The number of Topliss-reactive ketones (excluding diaryl/α,β-unsaturated/α-hetero) is 1. The van der Waals surface area contributed by atoms with Crippen LogP contribution in [0.5, 0.6) is 0 Å². The second-order valence-electron chi connectivity index (χ2n) is 5.03. The fourth-order valence-electron chi connectivity index (χ4n) is 2.41. The van der Waals surface area contributed by atoms with Crippen molar-refractivity contribution in [2.75, 3.05) is 11.9 Å². The number of carbonyl (C=O) groups excluding carboxylic acids is 2. The Kier molecular flexibility index (Phi) is 3.87. The highest BCUT2D eigenvalue weighted by Crippen LogP contribution is 2.35. The molecule has 1 aliphatic rings. The van der Waals surface area contributed by atoms with E-state index in [-0.39, 0.29) is 17.4 Å². The van der Waals surface area contributed by atoms with Crippen LogP contribution in [0.15, 0.2) is 53.4 Å². The van der Waals surface area contributed by atoms with E-state index in [9.17, 15) is 19.7 Å². The number of nitro groups is 1. The molecule has 0 saturated heterocycles. The lowest BCUT2D eigenvalue weighted by molar-refractivity contribution is -0.384. The van der Waals surface area contributed by atoms with Crippen LogP contribution >= 0.6 is 11.8 Å². The maximum absolute atomic E-state index is 12.6. The maximum atomic E-state index is 12.6. The summed E-state index contributed by atoms with van der Waals surface area (Å²) in [4.78, 5) is 37.3. The molecule has 1 aliphatic heterocycles. The largest absolute Gasteiger partial charge is 0.313 e. The zero-order valence-corrected chi connectivity index (χ0v) is 12.9. The number of non-ortho nitro benzene ring substituents is 1. The van der Waals surface area contributed by atoms with Crippen LogP contribution in [0.25, 0.3) is 0 Å². The van der Waals surface area contributed by atoms with Crippen LogP contribution in [0, 0.1) is 10.1 Å². The Morgan fingerprint density at radius 3 is 2.39 bits per heavy atom. The van der Waals surface area contributed by atoms with E-state index >= 15 is 0 Å². The number of nitrogens with zero attached hydrogens (tertiary/aromatic N) is 2. The molecule has 0 spiro atoms. The van der Waals surface area contributed by atoms with Crippen molar-refractivity contribution in [2.45, 2.75) is 10.1 Å². The van der Waals surface area contributed by atoms with Crippen LogP contribution in [-0.2, 0) is 4.79 Å². The average Bonchev–Trinajstić information content (AvgIpc) is 2.57. The maximum Gasteiger partial charge on any atom is 0.269 e. The highest BCUT2D eigenvalue weighted by Gasteiger charge is 2.38. The zero-order valence-electron chi connectivity index (χ0n) is 12.1. The molecule has 1 unspecified atom stereocenters. The summed E-state index contributed by atoms with van der Waals surface area (Å²) >= 11 is 1.11. The van der Waals surface area contributed by atoms with Gasteiger partial charge in [0.15, 0.2) is 11.0 Å². The van der Waals surface area contributed by atoms with Gasteiger partial charge in [0.25, 0.3) is 5.69 Å². The van der Waals surface area contributed by atoms with Crippen molar-refractivity contribution >= 4 is 34.8 Å². The monoisotopic (exact) mass is 328 g/mol. The first-order chi connectivity index (χ1) is 11.0. The molecule has 6 nitrogen and oxygen atoms in total. The van der Waals surface area contributed by atoms with E-state index in [1.807, 2.05) is 0 Å². The van der Waals surface area contributed by atoms with Gasteiger partial charge < -0.3 is 4.90 Å². The minimum absolute atomic E-state index is 0.0295. The third kappa shape index (κ3) is 2.70. The first-order valence-corrected chi connectivity index (χ1v) is 7.69. The molecule has 3 rings (SSSR count). The molecule has 0 aromatic heterocycles. The van der Waals surface area contributed by atoms with Crippen molar-refractivity contribution in [3.05, 3.63) is 64.2 Å². The summed E-state index contributed by atoms with van der Waals surface area (Å²) < 4.78 is 0. The minimum atomic E-state index is -0.878. The molecule has 2 aromatic rings. The Hall–Kier alpha value is -2.67. The molecule has 116 valence electrons. The number of nitro benzene ring substituents is 1. The van der Waals surface area contributed by atoms with Crippen molar-refractivity contribution in [2.24, 2.45) is 0 Å². The van der Waals surface area contributed by atoms with E-state index in [0.717, 1.165) is 11.8 Å². The van der Waals surface area contributed by atoms with Gasteiger partial charge in [-0.2, -0.15) is 0 Å². The zero-order chi connectivity index (χ0) is 16.6. The van der Waals surface area contributed by atoms with Crippen LogP contribution in [0.3, 0.4) is 0 Å². The molecule has 2 aromatic carbocycles. The van der Waals surface area contributed by atoms with E-state index in [2.05, 4.69) is 0 Å². The number of anilines is 1. The van der Waals surface area contributed by atoms with Gasteiger partial charge in [-0.05, 0) is 24.3 Å². The summed E-state index contributed by atoms with van der Waals surface area (Å²) in [5.41, 5.74) is 1.08.